The molecule has 1 heterocycles. The summed E-state index contributed by atoms with van der Waals surface area (Å²) in [6.45, 7) is 1.43. The second-order valence-electron chi connectivity index (χ2n) is 3.83. The molecule has 2 aromatic rings. The molecule has 0 saturated heterocycles. The second-order valence-corrected chi connectivity index (χ2v) is 3.83. The van der Waals surface area contributed by atoms with Crippen LogP contribution < -0.4 is 5.32 Å². The summed E-state index contributed by atoms with van der Waals surface area (Å²) < 4.78 is 0. The molecule has 1 amide bonds. The van der Waals surface area contributed by atoms with Crippen molar-refractivity contribution in [3.63, 3.8) is 0 Å². The summed E-state index contributed by atoms with van der Waals surface area (Å²) in [5.41, 5.74) is 2.23. The van der Waals surface area contributed by atoms with Gasteiger partial charge in [0.1, 0.15) is 0 Å². The zero-order chi connectivity index (χ0) is 12.4. The van der Waals surface area contributed by atoms with E-state index in [1.165, 1.54) is 6.92 Å². The third-order valence-electron chi connectivity index (χ3n) is 2.43. The van der Waals surface area contributed by atoms with Gasteiger partial charge in [-0.25, -0.2) is 0 Å². The Morgan fingerprint density at radius 3 is 2.82 bits per heavy atom. The topological polar surface area (TPSA) is 82.2 Å². The standard InChI is InChI=1S/C12H12N2O3/c1-7(15)14-9-2-3-11-10(5-9)8(6-13-11)4-12(16)17/h2-3,5-6,13H,4H2,1H3,(H,14,15)(H,16,17). The van der Waals surface area contributed by atoms with Gasteiger partial charge in [-0.05, 0) is 23.8 Å². The van der Waals surface area contributed by atoms with Crippen LogP contribution in [-0.4, -0.2) is 22.0 Å². The van der Waals surface area contributed by atoms with Gasteiger partial charge in [-0.15, -0.1) is 0 Å². The summed E-state index contributed by atoms with van der Waals surface area (Å²) in [6.07, 6.45) is 1.64. The number of benzene rings is 1. The van der Waals surface area contributed by atoms with Crippen LogP contribution in [-0.2, 0) is 16.0 Å². The minimum absolute atomic E-state index is 0.0382. The Labute approximate surface area is 97.4 Å². The molecule has 0 saturated carbocycles. The lowest BCUT2D eigenvalue weighted by molar-refractivity contribution is -0.136. The predicted molar refractivity (Wildman–Crippen MR) is 63.9 cm³/mol. The van der Waals surface area contributed by atoms with E-state index in [4.69, 9.17) is 5.11 Å². The number of H-pyrrole nitrogens is 1. The maximum Gasteiger partial charge on any atom is 0.307 e. The summed E-state index contributed by atoms with van der Waals surface area (Å²) in [7, 11) is 0. The summed E-state index contributed by atoms with van der Waals surface area (Å²) in [5, 5.41) is 12.3. The Kier molecular flexibility index (Phi) is 2.82. The number of amides is 1. The maximum absolute atomic E-state index is 10.9. The van der Waals surface area contributed by atoms with Gasteiger partial charge >= 0.3 is 5.97 Å². The maximum atomic E-state index is 10.9. The minimum Gasteiger partial charge on any atom is -0.481 e. The highest BCUT2D eigenvalue weighted by Gasteiger charge is 2.08. The van der Waals surface area contributed by atoms with Crippen molar-refractivity contribution < 1.29 is 14.7 Å². The molecule has 0 radical (unpaired) electrons. The lowest BCUT2D eigenvalue weighted by Gasteiger charge is -2.02. The molecule has 2 rings (SSSR count). The van der Waals surface area contributed by atoms with Gasteiger partial charge in [0, 0.05) is 29.7 Å². The molecule has 0 aliphatic heterocycles. The second kappa shape index (κ2) is 4.29. The van der Waals surface area contributed by atoms with Gasteiger partial charge in [-0.3, -0.25) is 9.59 Å². The summed E-state index contributed by atoms with van der Waals surface area (Å²) in [5.74, 6) is -1.03. The first kappa shape index (κ1) is 11.2. The van der Waals surface area contributed by atoms with E-state index < -0.39 is 5.97 Å². The van der Waals surface area contributed by atoms with E-state index in [9.17, 15) is 9.59 Å². The fraction of sp³-hybridized carbons (Fsp3) is 0.167. The third-order valence-corrected chi connectivity index (χ3v) is 2.43. The number of hydrogen-bond donors (Lipinski definition) is 3. The van der Waals surface area contributed by atoms with E-state index >= 15 is 0 Å². The fourth-order valence-electron chi connectivity index (χ4n) is 1.77. The lowest BCUT2D eigenvalue weighted by Crippen LogP contribution is -2.05. The van der Waals surface area contributed by atoms with Crippen molar-refractivity contribution >= 4 is 28.5 Å². The number of anilines is 1. The summed E-state index contributed by atoms with van der Waals surface area (Å²) in [4.78, 5) is 24.6. The molecule has 0 fully saturated rings. The predicted octanol–water partition coefficient (Wildman–Crippen LogP) is 1.75. The Bertz CT molecular complexity index is 586. The van der Waals surface area contributed by atoms with Crippen molar-refractivity contribution in [2.24, 2.45) is 0 Å². The zero-order valence-electron chi connectivity index (χ0n) is 9.28. The largest absolute Gasteiger partial charge is 0.481 e. The molecule has 0 aliphatic carbocycles. The number of nitrogens with one attached hydrogen (secondary N) is 2. The monoisotopic (exact) mass is 232 g/mol. The van der Waals surface area contributed by atoms with Gasteiger partial charge in [0.05, 0.1) is 6.42 Å². The van der Waals surface area contributed by atoms with E-state index in [2.05, 4.69) is 10.3 Å². The van der Waals surface area contributed by atoms with Crippen LogP contribution >= 0.6 is 0 Å². The van der Waals surface area contributed by atoms with E-state index in [0.29, 0.717) is 11.3 Å². The van der Waals surface area contributed by atoms with Gasteiger partial charge in [-0.2, -0.15) is 0 Å². The van der Waals surface area contributed by atoms with Crippen molar-refractivity contribution in [1.29, 1.82) is 0 Å². The van der Waals surface area contributed by atoms with Gasteiger partial charge in [0.2, 0.25) is 5.91 Å². The average Bonchev–Trinajstić information content (AvgIpc) is 2.59. The first-order valence-electron chi connectivity index (χ1n) is 5.15. The van der Waals surface area contributed by atoms with Gasteiger partial charge in [-0.1, -0.05) is 0 Å². The highest BCUT2D eigenvalue weighted by atomic mass is 16.4. The molecular formula is C12H12N2O3. The molecule has 5 heteroatoms. The fourth-order valence-corrected chi connectivity index (χ4v) is 1.77. The van der Waals surface area contributed by atoms with Gasteiger partial charge in [0.15, 0.2) is 0 Å². The molecule has 3 N–H and O–H groups in total. The molecule has 0 aliphatic rings. The number of fused-ring (bicyclic) bond motifs is 1. The Morgan fingerprint density at radius 1 is 1.41 bits per heavy atom. The van der Waals surface area contributed by atoms with Crippen LogP contribution in [0, 0.1) is 0 Å². The van der Waals surface area contributed by atoms with Crippen molar-refractivity contribution in [3.05, 3.63) is 30.0 Å². The first-order valence-corrected chi connectivity index (χ1v) is 5.15. The zero-order valence-corrected chi connectivity index (χ0v) is 9.28. The highest BCUT2D eigenvalue weighted by Crippen LogP contribution is 2.22. The van der Waals surface area contributed by atoms with E-state index in [1.54, 1.807) is 18.3 Å². The van der Waals surface area contributed by atoms with Crippen LogP contribution in [0.3, 0.4) is 0 Å². The Hall–Kier alpha value is -2.30. The van der Waals surface area contributed by atoms with Crippen LogP contribution in [0.4, 0.5) is 5.69 Å². The average molecular weight is 232 g/mol. The molecule has 1 aromatic heterocycles. The molecule has 0 atom stereocenters. The Morgan fingerprint density at radius 2 is 2.18 bits per heavy atom. The highest BCUT2D eigenvalue weighted by molar-refractivity contribution is 5.94. The number of carbonyl (C=O) groups is 2. The van der Waals surface area contributed by atoms with E-state index in [0.717, 1.165) is 10.9 Å². The number of carboxylic acid groups (broad SMARTS) is 1. The van der Waals surface area contributed by atoms with Crippen LogP contribution in [0.15, 0.2) is 24.4 Å². The summed E-state index contributed by atoms with van der Waals surface area (Å²) >= 11 is 0. The molecule has 0 spiro atoms. The first-order chi connectivity index (χ1) is 8.06. The number of aliphatic carboxylic acids is 1. The Balaban J connectivity index is 2.42. The van der Waals surface area contributed by atoms with Crippen LogP contribution in [0.25, 0.3) is 10.9 Å². The third kappa shape index (κ3) is 2.44. The molecular weight excluding hydrogens is 220 g/mol. The van der Waals surface area contributed by atoms with Crippen LogP contribution in [0.5, 0.6) is 0 Å². The normalized spacial score (nSPS) is 10.4. The SMILES string of the molecule is CC(=O)Nc1ccc2[nH]cc(CC(=O)O)c2c1. The van der Waals surface area contributed by atoms with Crippen molar-refractivity contribution in [2.75, 3.05) is 5.32 Å². The number of carboxylic acids is 1. The molecule has 17 heavy (non-hydrogen) atoms. The van der Waals surface area contributed by atoms with Crippen molar-refractivity contribution in [1.82, 2.24) is 4.98 Å². The van der Waals surface area contributed by atoms with Crippen molar-refractivity contribution in [3.8, 4) is 0 Å². The number of aromatic nitrogens is 1. The number of rotatable bonds is 3. The molecule has 88 valence electrons. The van der Waals surface area contributed by atoms with E-state index in [-0.39, 0.29) is 12.3 Å². The van der Waals surface area contributed by atoms with Crippen LogP contribution in [0.2, 0.25) is 0 Å². The number of aromatic amines is 1. The smallest absolute Gasteiger partial charge is 0.307 e. The summed E-state index contributed by atoms with van der Waals surface area (Å²) in [6, 6.07) is 5.35. The van der Waals surface area contributed by atoms with E-state index in [1.807, 2.05) is 6.07 Å². The van der Waals surface area contributed by atoms with Gasteiger partial charge in [0.25, 0.3) is 0 Å². The van der Waals surface area contributed by atoms with Gasteiger partial charge < -0.3 is 15.4 Å². The van der Waals surface area contributed by atoms with Crippen molar-refractivity contribution in [2.45, 2.75) is 13.3 Å². The quantitative estimate of drug-likeness (QED) is 0.754. The molecule has 5 nitrogen and oxygen atoms in total. The van der Waals surface area contributed by atoms with Crippen LogP contribution in [0.1, 0.15) is 12.5 Å². The minimum atomic E-state index is -0.879. The molecule has 1 aromatic carbocycles. The number of hydrogen-bond acceptors (Lipinski definition) is 2. The molecule has 0 bridgehead atoms. The number of carbonyl (C=O) groups excluding carboxylic acids is 1. The molecule has 0 unspecified atom stereocenters. The lowest BCUT2D eigenvalue weighted by atomic mass is 10.1.